The van der Waals surface area contributed by atoms with E-state index in [-0.39, 0.29) is 55.7 Å². The molecule has 21 heteroatoms. The summed E-state index contributed by atoms with van der Waals surface area (Å²) in [4.78, 5) is 70.0. The van der Waals surface area contributed by atoms with Crippen molar-refractivity contribution in [1.82, 2.24) is 50.3 Å². The summed E-state index contributed by atoms with van der Waals surface area (Å²) >= 11 is 0. The van der Waals surface area contributed by atoms with Crippen LogP contribution in [0.15, 0.2) is 72.8 Å². The molecule has 8 unspecified atom stereocenters. The molecule has 4 amide bonds. The molecule has 8 atom stereocenters. The lowest BCUT2D eigenvalue weighted by Crippen LogP contribution is -2.54. The number of hydrogen-bond donors (Lipinski definition) is 6. The number of aromatic amines is 2. The van der Waals surface area contributed by atoms with E-state index in [1.54, 1.807) is 46.5 Å². The number of aliphatic hydroxyl groups excluding tert-OH is 1. The third kappa shape index (κ3) is 10.3. The summed E-state index contributed by atoms with van der Waals surface area (Å²) < 4.78 is 56.7. The van der Waals surface area contributed by atoms with E-state index in [1.165, 1.54) is 14.2 Å². The smallest absolute Gasteiger partial charge is 0.407 e. The SMILES string of the molecule is CCNC(=O)COc1cccc(C2OC3=C(c4cc5cc(-c6cnc(C7CCCN7C(=O)C(NC(=O)OC)C(C)C)[nH]6)ccc5n42)C(F)CC(c2cnc(C4CC(F)CN4C(O)C(NC(=O)OC)C(C)C)[nH]2)=C3)c1. The van der Waals surface area contributed by atoms with Gasteiger partial charge in [0.15, 0.2) is 6.61 Å². The first-order valence-electron chi connectivity index (χ1n) is 25.1. The number of rotatable bonds is 16. The van der Waals surface area contributed by atoms with Gasteiger partial charge in [0.25, 0.3) is 5.91 Å². The van der Waals surface area contributed by atoms with Crippen molar-refractivity contribution in [2.75, 3.05) is 40.5 Å². The van der Waals surface area contributed by atoms with Gasteiger partial charge in [0.05, 0.1) is 72.9 Å². The third-order valence-corrected chi connectivity index (χ3v) is 14.3. The molecule has 0 spiro atoms. The molecule has 74 heavy (non-hydrogen) atoms. The molecule has 0 bridgehead atoms. The molecule has 2 fully saturated rings. The predicted octanol–water partition coefficient (Wildman–Crippen LogP) is 7.21. The van der Waals surface area contributed by atoms with E-state index in [2.05, 4.69) is 30.9 Å². The highest BCUT2D eigenvalue weighted by Gasteiger charge is 2.44. The maximum Gasteiger partial charge on any atom is 0.407 e. The van der Waals surface area contributed by atoms with E-state index in [0.717, 1.165) is 22.9 Å². The first-order valence-corrected chi connectivity index (χ1v) is 25.1. The summed E-state index contributed by atoms with van der Waals surface area (Å²) in [6.07, 6.45) is 0.251. The Morgan fingerprint density at radius 3 is 2.38 bits per heavy atom. The van der Waals surface area contributed by atoms with Gasteiger partial charge in [-0.3, -0.25) is 14.5 Å². The Labute approximate surface area is 427 Å². The number of hydrogen-bond acceptors (Lipinski definition) is 12. The maximum atomic E-state index is 17.2. The Hall–Kier alpha value is -7.26. The summed E-state index contributed by atoms with van der Waals surface area (Å²) in [5.74, 6) is 0.845. The molecule has 19 nitrogen and oxygen atoms in total. The summed E-state index contributed by atoms with van der Waals surface area (Å²) in [6.45, 7) is 9.91. The van der Waals surface area contributed by atoms with Gasteiger partial charge in [-0.25, -0.2) is 28.3 Å². The second kappa shape index (κ2) is 21.7. The monoisotopic (exact) mass is 1020 g/mol. The van der Waals surface area contributed by atoms with Crippen molar-refractivity contribution in [2.24, 2.45) is 11.8 Å². The molecular weight excluding hydrogens is 959 g/mol. The number of imidazole rings is 2. The quantitative estimate of drug-likeness (QED) is 0.0576. The van der Waals surface area contributed by atoms with Gasteiger partial charge in [0.1, 0.15) is 47.8 Å². The number of nitrogens with zero attached hydrogens (tertiary/aromatic N) is 5. The number of likely N-dealkylation sites (tertiary alicyclic amines) is 2. The van der Waals surface area contributed by atoms with Crippen LogP contribution in [-0.4, -0.2) is 135 Å². The molecule has 3 aliphatic heterocycles. The van der Waals surface area contributed by atoms with Crippen LogP contribution in [0.5, 0.6) is 5.75 Å². The molecule has 1 aliphatic carbocycles. The van der Waals surface area contributed by atoms with Crippen molar-refractivity contribution < 1.29 is 52.0 Å². The van der Waals surface area contributed by atoms with Crippen molar-refractivity contribution in [3.05, 3.63) is 101 Å². The molecule has 0 radical (unpaired) electrons. The highest BCUT2D eigenvalue weighted by atomic mass is 19.1. The van der Waals surface area contributed by atoms with E-state index in [0.29, 0.717) is 76.5 Å². The number of H-pyrrole nitrogens is 2. The number of methoxy groups -OCH3 is 2. The fraction of sp³-hybridized carbons (Fsp3) is 0.472. The Kier molecular flexibility index (Phi) is 15.1. The number of aromatic nitrogens is 5. The molecule has 6 N–H and O–H groups in total. The third-order valence-electron chi connectivity index (χ3n) is 14.3. The van der Waals surface area contributed by atoms with E-state index in [1.807, 2.05) is 69.5 Å². The minimum absolute atomic E-state index is 0.0361. The minimum Gasteiger partial charge on any atom is -0.484 e. The first kappa shape index (κ1) is 51.6. The number of carbonyl (C=O) groups excluding carboxylic acids is 4. The van der Waals surface area contributed by atoms with Crippen molar-refractivity contribution in [2.45, 2.75) is 109 Å². The standard InChI is InChI=1S/C53H64F2N10O9/c1-8-56-43(66)26-73-34-12-9-11-30(18-34)51-65-38-15-14-29(36-23-57-47(59-36)39-13-10-16-63(39)49(67)45(27(2)3)61-52(69)71-6)17-32(38)20-40(65)44-35(55)19-31(21-42(44)74-51)37-24-58-48(60-37)41-22-33(54)25-64(41)50(68)46(28(4)5)62-53(70)72-7/h9,11-12,14-15,17-18,20-21,23-24,27-28,33,35,39,41,45-46,50-51,68H,8,10,13,16,19,22,25-26H2,1-7H3,(H,56,66)(H,57,59)(H,58,60)(H,61,69)(H,62,70). The van der Waals surface area contributed by atoms with Gasteiger partial charge in [-0.1, -0.05) is 45.9 Å². The average molecular weight is 1020 g/mol. The minimum atomic E-state index is -1.53. The van der Waals surface area contributed by atoms with Crippen molar-refractivity contribution >= 4 is 46.0 Å². The number of ether oxygens (including phenoxy) is 4. The van der Waals surface area contributed by atoms with Crippen LogP contribution in [0.1, 0.15) is 107 Å². The molecule has 4 aliphatic rings. The van der Waals surface area contributed by atoms with Crippen molar-refractivity contribution in [3.8, 4) is 17.0 Å². The molecule has 2 aromatic carbocycles. The second-order valence-corrected chi connectivity index (χ2v) is 19.9. The Bertz CT molecular complexity index is 2960. The predicted molar refractivity (Wildman–Crippen MR) is 269 cm³/mol. The fourth-order valence-electron chi connectivity index (χ4n) is 10.6. The largest absolute Gasteiger partial charge is 0.484 e. The Morgan fingerprint density at radius 1 is 0.919 bits per heavy atom. The summed E-state index contributed by atoms with van der Waals surface area (Å²) in [7, 11) is 2.49. The lowest BCUT2D eigenvalue weighted by Gasteiger charge is -2.35. The number of alkyl carbamates (subject to hydrolysis) is 2. The molecule has 394 valence electrons. The molecule has 6 heterocycles. The Morgan fingerprint density at radius 2 is 1.65 bits per heavy atom. The number of allylic oxidation sites excluding steroid dienone is 3. The number of carbonyl (C=O) groups is 4. The van der Waals surface area contributed by atoms with Gasteiger partial charge in [-0.05, 0) is 73.6 Å². The number of halogens is 2. The molecule has 2 saturated heterocycles. The number of likely N-dealkylation sites (N-methyl/N-ethyl adjacent to an activating group) is 1. The van der Waals surface area contributed by atoms with E-state index in [4.69, 9.17) is 23.9 Å². The zero-order chi connectivity index (χ0) is 52.5. The van der Waals surface area contributed by atoms with Gasteiger partial charge in [-0.15, -0.1) is 0 Å². The van der Waals surface area contributed by atoms with Crippen LogP contribution in [0, 0.1) is 11.8 Å². The summed E-state index contributed by atoms with van der Waals surface area (Å²) in [6, 6.07) is 12.5. The van der Waals surface area contributed by atoms with Crippen LogP contribution in [0.4, 0.5) is 18.4 Å². The number of fused-ring (bicyclic) bond motifs is 4. The van der Waals surface area contributed by atoms with Gasteiger partial charge >= 0.3 is 12.2 Å². The molecular formula is C53H64F2N10O9. The highest BCUT2D eigenvalue weighted by Crippen LogP contribution is 2.48. The van der Waals surface area contributed by atoms with Crippen LogP contribution in [0.25, 0.3) is 33.3 Å². The van der Waals surface area contributed by atoms with Crippen LogP contribution in [0.2, 0.25) is 0 Å². The number of aliphatic hydroxyl groups is 1. The van der Waals surface area contributed by atoms with Crippen LogP contribution < -0.4 is 20.7 Å². The number of benzene rings is 2. The van der Waals surface area contributed by atoms with Crippen LogP contribution in [0.3, 0.4) is 0 Å². The van der Waals surface area contributed by atoms with E-state index in [9.17, 15) is 24.3 Å². The van der Waals surface area contributed by atoms with Gasteiger partial charge in [0, 0.05) is 49.0 Å². The first-order chi connectivity index (χ1) is 35.6. The van der Waals surface area contributed by atoms with Crippen LogP contribution in [-0.2, 0) is 23.8 Å². The molecule has 3 aromatic heterocycles. The summed E-state index contributed by atoms with van der Waals surface area (Å²) in [5, 5.41) is 20.4. The van der Waals surface area contributed by atoms with Gasteiger partial charge in [0.2, 0.25) is 12.1 Å². The summed E-state index contributed by atoms with van der Waals surface area (Å²) in [5.41, 5.74) is 4.96. The number of alkyl halides is 2. The van der Waals surface area contributed by atoms with Crippen molar-refractivity contribution in [1.29, 1.82) is 0 Å². The zero-order valence-electron chi connectivity index (χ0n) is 42.5. The average Bonchev–Trinajstić information content (AvgIpc) is 4.25. The molecule has 5 aromatic rings. The lowest BCUT2D eigenvalue weighted by atomic mass is 9.90. The number of nitrogens with one attached hydrogen (secondary N) is 5. The van der Waals surface area contributed by atoms with Crippen molar-refractivity contribution in [3.63, 3.8) is 0 Å². The Balaban J connectivity index is 1.05. The van der Waals surface area contributed by atoms with Gasteiger partial charge in [-0.2, -0.15) is 0 Å². The molecule has 0 saturated carbocycles. The van der Waals surface area contributed by atoms with E-state index < -0.39 is 55.1 Å². The number of amides is 4. The maximum absolute atomic E-state index is 17.2. The van der Waals surface area contributed by atoms with E-state index >= 15 is 8.78 Å². The van der Waals surface area contributed by atoms with Crippen LogP contribution >= 0.6 is 0 Å². The second-order valence-electron chi connectivity index (χ2n) is 19.9. The zero-order valence-corrected chi connectivity index (χ0v) is 42.5. The topological polar surface area (TPSA) is 230 Å². The fourth-order valence-corrected chi connectivity index (χ4v) is 10.6. The highest BCUT2D eigenvalue weighted by molar-refractivity contribution is 5.93. The van der Waals surface area contributed by atoms with Gasteiger partial charge < -0.3 is 59.4 Å². The normalized spacial score (nSPS) is 21.9. The molecule has 9 rings (SSSR count). The lowest BCUT2D eigenvalue weighted by molar-refractivity contribution is -0.135.